The first-order valence-electron chi connectivity index (χ1n) is 9.13. The van der Waals surface area contributed by atoms with Gasteiger partial charge in [-0.1, -0.05) is 72.6 Å². The van der Waals surface area contributed by atoms with Crippen molar-refractivity contribution in [3.63, 3.8) is 0 Å². The summed E-state index contributed by atoms with van der Waals surface area (Å²) in [4.78, 5) is 64.5. The molecule has 4 amide bonds. The topological polar surface area (TPSA) is 169 Å². The van der Waals surface area contributed by atoms with Gasteiger partial charge in [-0.15, -0.1) is 0 Å². The fourth-order valence-electron chi connectivity index (χ4n) is 1.35. The Morgan fingerprint density at radius 3 is 1.23 bits per heavy atom. The van der Waals surface area contributed by atoms with Crippen molar-refractivity contribution in [2.75, 3.05) is 26.6 Å². The number of esters is 2. The molecule has 0 rings (SSSR count). The van der Waals surface area contributed by atoms with Crippen molar-refractivity contribution in [2.45, 2.75) is 93.0 Å². The molecule has 238 valence electrons. The van der Waals surface area contributed by atoms with Gasteiger partial charge < -0.3 is 30.7 Å². The number of ketones is 2. The zero-order valence-corrected chi connectivity index (χ0v) is 18.0. The van der Waals surface area contributed by atoms with Gasteiger partial charge >= 0.3 is 24.0 Å². The third kappa shape index (κ3) is 51.7. The number of hydrogen-bond acceptors (Lipinski definition) is 8. The molecule has 0 aliphatic rings. The lowest BCUT2D eigenvalue weighted by Gasteiger charge is -2.07. The van der Waals surface area contributed by atoms with Crippen molar-refractivity contribution < 1.29 is 38.2 Å². The molecule has 0 heterocycles. The molecule has 12 heteroatoms. The predicted molar refractivity (Wildman–Crippen MR) is 164 cm³/mol. The molecule has 0 atom stereocenters. The lowest BCUT2D eigenvalue weighted by atomic mass is 10.3. The Bertz CT molecular complexity index is 681. The van der Waals surface area contributed by atoms with E-state index in [-0.39, 0.29) is 116 Å². The highest BCUT2D eigenvalue weighted by Crippen LogP contribution is 1.89. The second-order valence-corrected chi connectivity index (χ2v) is 5.94. The van der Waals surface area contributed by atoms with Crippen molar-refractivity contribution in [3.05, 3.63) is 24.8 Å². The van der Waals surface area contributed by atoms with Crippen molar-refractivity contribution in [1.29, 1.82) is 0 Å². The van der Waals surface area contributed by atoms with E-state index in [4.69, 9.17) is 0 Å². The zero-order chi connectivity index (χ0) is 24.2. The molecule has 0 bridgehead atoms. The number of carbonyl (C=O) groups is 6. The van der Waals surface area contributed by atoms with Gasteiger partial charge in [-0.2, -0.15) is 0 Å². The quantitative estimate of drug-likeness (QED) is 0.138. The molecule has 0 radical (unpaired) electrons. The highest BCUT2D eigenvalue weighted by molar-refractivity contribution is 5.87. The number of nitrogens with one attached hydrogen (secondary N) is 4. The Labute approximate surface area is 239 Å². The smallest absolute Gasteiger partial charge is 0.334 e. The molecule has 0 saturated carbocycles. The molecule has 0 aromatic heterocycles. The van der Waals surface area contributed by atoms with Crippen LogP contribution in [0, 0.1) is 0 Å². The van der Waals surface area contributed by atoms with Gasteiger partial charge in [0.2, 0.25) is 0 Å². The van der Waals surface area contributed by atoms with Crippen molar-refractivity contribution >= 4 is 35.6 Å². The lowest BCUT2D eigenvalue weighted by Crippen LogP contribution is -2.38. The summed E-state index contributed by atoms with van der Waals surface area (Å²) in [6.45, 7) is 11.0. The lowest BCUT2D eigenvalue weighted by molar-refractivity contribution is -0.139. The van der Waals surface area contributed by atoms with Crippen molar-refractivity contribution in [3.8, 4) is 0 Å². The van der Waals surface area contributed by atoms with Crippen LogP contribution < -0.4 is 21.3 Å². The summed E-state index contributed by atoms with van der Waals surface area (Å²) in [6.07, 6.45) is 1.55. The maximum absolute atomic E-state index is 11.0. The molecule has 12 nitrogen and oxygen atoms in total. The first kappa shape index (κ1) is 64.9. The SMILES string of the molecule is C.C.C.C.C.C.C.C.C=C(C)C(=O)OCNC(=O)NCCC(C)=O.C=CC(=O)OCNC(=O)NCCC(C)=O. The minimum atomic E-state index is -0.612. The summed E-state index contributed by atoms with van der Waals surface area (Å²) in [6, 6.07) is -0.983. The van der Waals surface area contributed by atoms with E-state index in [0.29, 0.717) is 0 Å². The van der Waals surface area contributed by atoms with Crippen LogP contribution in [0.15, 0.2) is 24.8 Å². The highest BCUT2D eigenvalue weighted by atomic mass is 16.5. The van der Waals surface area contributed by atoms with Gasteiger partial charge in [0.05, 0.1) is 0 Å². The number of ether oxygens (including phenoxy) is 2. The highest BCUT2D eigenvalue weighted by Gasteiger charge is 2.04. The summed E-state index contributed by atoms with van der Waals surface area (Å²) >= 11 is 0. The first-order valence-corrected chi connectivity index (χ1v) is 9.13. The van der Waals surface area contributed by atoms with Crippen LogP contribution >= 0.6 is 0 Å². The molecule has 0 fully saturated rings. The molecule has 39 heavy (non-hydrogen) atoms. The Morgan fingerprint density at radius 2 is 0.949 bits per heavy atom. The molecule has 0 aromatic rings. The maximum atomic E-state index is 11.0. The molecular formula is C27H62N4O8. The summed E-state index contributed by atoms with van der Waals surface area (Å²) in [5, 5.41) is 9.42. The van der Waals surface area contributed by atoms with Crippen LogP contribution in [0.5, 0.6) is 0 Å². The van der Waals surface area contributed by atoms with E-state index in [2.05, 4.69) is 43.9 Å². The van der Waals surface area contributed by atoms with Crippen LogP contribution in [0.2, 0.25) is 0 Å². The van der Waals surface area contributed by atoms with Crippen molar-refractivity contribution in [2.24, 2.45) is 0 Å². The second kappa shape index (κ2) is 41.4. The van der Waals surface area contributed by atoms with E-state index < -0.39 is 24.0 Å². The van der Waals surface area contributed by atoms with E-state index in [1.165, 1.54) is 20.8 Å². The minimum Gasteiger partial charge on any atom is -0.441 e. The third-order valence-corrected chi connectivity index (χ3v) is 2.92. The molecule has 0 aliphatic heterocycles. The molecule has 0 aromatic carbocycles. The molecular weight excluding hydrogens is 508 g/mol. The second-order valence-electron chi connectivity index (χ2n) is 5.94. The molecule has 0 spiro atoms. The van der Waals surface area contributed by atoms with E-state index in [0.717, 1.165) is 6.08 Å². The van der Waals surface area contributed by atoms with E-state index in [9.17, 15) is 28.8 Å². The first-order chi connectivity index (χ1) is 14.5. The van der Waals surface area contributed by atoms with Gasteiger partial charge in [0.1, 0.15) is 11.6 Å². The average molecular weight is 571 g/mol. The van der Waals surface area contributed by atoms with E-state index in [1.807, 2.05) is 0 Å². The van der Waals surface area contributed by atoms with Gasteiger partial charge in [0.15, 0.2) is 13.5 Å². The Hall–Kier alpha value is -3.70. The molecule has 0 aliphatic carbocycles. The number of rotatable bonds is 12. The largest absolute Gasteiger partial charge is 0.441 e. The Morgan fingerprint density at radius 1 is 0.615 bits per heavy atom. The van der Waals surface area contributed by atoms with Crippen LogP contribution in [0.3, 0.4) is 0 Å². The van der Waals surface area contributed by atoms with Crippen molar-refractivity contribution in [1.82, 2.24) is 21.3 Å². The summed E-state index contributed by atoms with van der Waals surface area (Å²) in [5.74, 6) is -1.19. The Balaban J connectivity index is -0.0000000448. The normalized spacial score (nSPS) is 7.15. The standard InChI is InChI=1S/C10H16N2O4.C9H14N2O4.8CH4/c1-7(2)9(14)16-6-12-10(15)11-5-4-8(3)13;1-3-8(13)15-6-11-9(14)10-5-4-7(2)12;;;;;;;;/h1,4-6H2,2-3H3,(H2,11,12,15);3H,1,4-6H2,2H3,(H2,10,11,14);8*1H4. The average Bonchev–Trinajstić information content (AvgIpc) is 2.67. The number of urea groups is 2. The maximum Gasteiger partial charge on any atom is 0.334 e. The van der Waals surface area contributed by atoms with E-state index in [1.54, 1.807) is 0 Å². The van der Waals surface area contributed by atoms with Gasteiger partial charge in [0, 0.05) is 37.6 Å². The van der Waals surface area contributed by atoms with Gasteiger partial charge in [0.25, 0.3) is 0 Å². The van der Waals surface area contributed by atoms with Crippen LogP contribution in [0.25, 0.3) is 0 Å². The number of carbonyl (C=O) groups excluding carboxylic acids is 6. The van der Waals surface area contributed by atoms with E-state index >= 15 is 0 Å². The van der Waals surface area contributed by atoms with Gasteiger partial charge in [-0.05, 0) is 20.8 Å². The molecule has 4 N–H and O–H groups in total. The van der Waals surface area contributed by atoms with Crippen LogP contribution in [-0.4, -0.2) is 62.1 Å². The molecule has 0 saturated heterocycles. The van der Waals surface area contributed by atoms with Crippen LogP contribution in [-0.2, 0) is 28.7 Å². The fourth-order valence-corrected chi connectivity index (χ4v) is 1.35. The zero-order valence-electron chi connectivity index (χ0n) is 18.0. The third-order valence-electron chi connectivity index (χ3n) is 2.92. The summed E-state index contributed by atoms with van der Waals surface area (Å²) in [7, 11) is 0. The van der Waals surface area contributed by atoms with Crippen LogP contribution in [0.1, 0.15) is 93.0 Å². The number of Topliss-reactive ketones (excluding diaryl/α,β-unsaturated/α-hetero) is 2. The summed E-state index contributed by atoms with van der Waals surface area (Å²) < 4.78 is 9.12. The minimum absolute atomic E-state index is 0. The van der Waals surface area contributed by atoms with Gasteiger partial charge in [-0.3, -0.25) is 9.59 Å². The Kier molecular flexibility index (Phi) is 68.9. The number of hydrogen-bond donors (Lipinski definition) is 4. The molecule has 0 unspecified atom stereocenters. The predicted octanol–water partition coefficient (Wildman–Crippen LogP) is 5.38. The summed E-state index contributed by atoms with van der Waals surface area (Å²) in [5.41, 5.74) is 0.263. The fraction of sp³-hybridized carbons (Fsp3) is 0.630. The monoisotopic (exact) mass is 570 g/mol. The van der Waals surface area contributed by atoms with Crippen LogP contribution in [0.4, 0.5) is 9.59 Å². The van der Waals surface area contributed by atoms with Gasteiger partial charge in [-0.25, -0.2) is 19.2 Å². The number of amides is 4.